The summed E-state index contributed by atoms with van der Waals surface area (Å²) in [6, 6.07) is 5.39. The molecule has 0 heterocycles. The van der Waals surface area contributed by atoms with Crippen LogP contribution in [0, 0.1) is 17.5 Å². The van der Waals surface area contributed by atoms with E-state index in [9.17, 15) is 13.2 Å². The second-order valence-corrected chi connectivity index (χ2v) is 4.09. The molecule has 20 heavy (non-hydrogen) atoms. The molecular weight excluding hydrogens is 269 g/mol. The average Bonchev–Trinajstić information content (AvgIpc) is 2.34. The highest BCUT2D eigenvalue weighted by molar-refractivity contribution is 5.74. The van der Waals surface area contributed by atoms with Gasteiger partial charge >= 0.3 is 0 Å². The van der Waals surface area contributed by atoms with Gasteiger partial charge in [0.05, 0.1) is 18.0 Å². The van der Waals surface area contributed by atoms with Gasteiger partial charge in [0.25, 0.3) is 0 Å². The second kappa shape index (κ2) is 5.73. The quantitative estimate of drug-likeness (QED) is 0.838. The second-order valence-electron chi connectivity index (χ2n) is 4.09. The lowest BCUT2D eigenvalue weighted by atomic mass is 10.2. The number of nitrogens with two attached hydrogens (primary N) is 1. The number of halogens is 3. The van der Waals surface area contributed by atoms with Crippen LogP contribution >= 0.6 is 0 Å². The van der Waals surface area contributed by atoms with Crippen molar-refractivity contribution in [3.63, 3.8) is 0 Å². The van der Waals surface area contributed by atoms with E-state index in [1.54, 1.807) is 6.92 Å². The van der Waals surface area contributed by atoms with E-state index in [0.717, 1.165) is 24.3 Å². The highest BCUT2D eigenvalue weighted by atomic mass is 19.1. The van der Waals surface area contributed by atoms with E-state index >= 15 is 0 Å². The van der Waals surface area contributed by atoms with Crippen LogP contribution in [0.5, 0.6) is 5.75 Å². The minimum Gasteiger partial charge on any atom is -0.491 e. The Hall–Kier alpha value is -2.37. The maximum absolute atomic E-state index is 13.5. The Morgan fingerprint density at radius 1 is 1.05 bits per heavy atom. The third-order valence-electron chi connectivity index (χ3n) is 2.55. The summed E-state index contributed by atoms with van der Waals surface area (Å²) in [4.78, 5) is 0. The van der Waals surface area contributed by atoms with Gasteiger partial charge in [0.15, 0.2) is 11.6 Å². The zero-order valence-electron chi connectivity index (χ0n) is 10.7. The summed E-state index contributed by atoms with van der Waals surface area (Å²) in [5.74, 6) is -2.03. The summed E-state index contributed by atoms with van der Waals surface area (Å²) >= 11 is 0. The van der Waals surface area contributed by atoms with Crippen molar-refractivity contribution in [3.8, 4) is 5.75 Å². The lowest BCUT2D eigenvalue weighted by Gasteiger charge is -2.13. The van der Waals surface area contributed by atoms with Crippen LogP contribution in [-0.2, 0) is 0 Å². The Kier molecular flexibility index (Phi) is 4.02. The minimum atomic E-state index is -0.724. The fourth-order valence-corrected chi connectivity index (χ4v) is 1.72. The molecule has 0 spiro atoms. The van der Waals surface area contributed by atoms with Crippen molar-refractivity contribution in [3.05, 3.63) is 47.8 Å². The Morgan fingerprint density at radius 3 is 2.30 bits per heavy atom. The summed E-state index contributed by atoms with van der Waals surface area (Å²) in [5.41, 5.74) is 6.25. The van der Waals surface area contributed by atoms with Gasteiger partial charge in [-0.15, -0.1) is 0 Å². The molecule has 0 fully saturated rings. The molecule has 0 amide bonds. The fraction of sp³-hybridized carbons (Fsp3) is 0.143. The molecular formula is C14H13F3N2O. The van der Waals surface area contributed by atoms with Crippen molar-refractivity contribution >= 4 is 17.1 Å². The molecule has 3 nitrogen and oxygen atoms in total. The summed E-state index contributed by atoms with van der Waals surface area (Å²) < 4.78 is 44.8. The van der Waals surface area contributed by atoms with Gasteiger partial charge in [0.1, 0.15) is 11.6 Å². The smallest absolute Gasteiger partial charge is 0.167 e. The monoisotopic (exact) mass is 282 g/mol. The van der Waals surface area contributed by atoms with Crippen LogP contribution in [0.15, 0.2) is 30.3 Å². The number of hydrogen-bond donors (Lipinski definition) is 2. The van der Waals surface area contributed by atoms with Crippen LogP contribution in [0.4, 0.5) is 30.2 Å². The van der Waals surface area contributed by atoms with Crippen molar-refractivity contribution in [1.82, 2.24) is 0 Å². The first-order valence-electron chi connectivity index (χ1n) is 5.94. The van der Waals surface area contributed by atoms with Crippen LogP contribution in [0.2, 0.25) is 0 Å². The molecule has 3 N–H and O–H groups in total. The Labute approximate surface area is 114 Å². The van der Waals surface area contributed by atoms with Crippen LogP contribution < -0.4 is 15.8 Å². The van der Waals surface area contributed by atoms with Crippen molar-refractivity contribution in [2.75, 3.05) is 17.7 Å². The molecule has 2 aromatic carbocycles. The van der Waals surface area contributed by atoms with Gasteiger partial charge in [-0.3, -0.25) is 0 Å². The summed E-state index contributed by atoms with van der Waals surface area (Å²) in [6.07, 6.45) is 0. The number of ether oxygens (including phenoxy) is 1. The zero-order chi connectivity index (χ0) is 14.7. The normalized spacial score (nSPS) is 10.4. The van der Waals surface area contributed by atoms with Gasteiger partial charge in [-0.2, -0.15) is 0 Å². The van der Waals surface area contributed by atoms with Gasteiger partial charge in [-0.25, -0.2) is 13.2 Å². The molecule has 2 aromatic rings. The molecule has 6 heteroatoms. The third-order valence-corrected chi connectivity index (χ3v) is 2.55. The Morgan fingerprint density at radius 2 is 1.70 bits per heavy atom. The number of benzene rings is 2. The van der Waals surface area contributed by atoms with Crippen LogP contribution in [-0.4, -0.2) is 6.61 Å². The molecule has 0 aliphatic heterocycles. The summed E-state index contributed by atoms with van der Waals surface area (Å²) in [5, 5.41) is 2.73. The van der Waals surface area contributed by atoms with E-state index in [4.69, 9.17) is 10.5 Å². The Balaban J connectivity index is 2.34. The number of rotatable bonds is 4. The van der Waals surface area contributed by atoms with E-state index in [1.807, 2.05) is 0 Å². The molecule has 0 bridgehead atoms. The molecule has 0 atom stereocenters. The summed E-state index contributed by atoms with van der Waals surface area (Å²) in [6.45, 7) is 2.00. The SMILES string of the molecule is CCOc1cc(Nc2cc(F)cc(F)c2)c(N)cc1F. The molecule has 0 radical (unpaired) electrons. The standard InChI is InChI=1S/C14H13F3N2O/c1-2-20-14-7-13(12(18)6-11(14)17)19-10-4-8(15)3-9(16)5-10/h3-7,19H,2,18H2,1H3. The predicted molar refractivity (Wildman–Crippen MR) is 71.6 cm³/mol. The van der Waals surface area contributed by atoms with Crippen molar-refractivity contribution in [2.24, 2.45) is 0 Å². The molecule has 0 aliphatic carbocycles. The molecule has 106 valence electrons. The van der Waals surface area contributed by atoms with Gasteiger partial charge in [-0.05, 0) is 19.1 Å². The predicted octanol–water partition coefficient (Wildman–Crippen LogP) is 3.83. The minimum absolute atomic E-state index is 0.0149. The van der Waals surface area contributed by atoms with Crippen LogP contribution in [0.25, 0.3) is 0 Å². The molecule has 0 saturated heterocycles. The van der Waals surface area contributed by atoms with E-state index in [2.05, 4.69) is 5.32 Å². The van der Waals surface area contributed by atoms with Gasteiger partial charge < -0.3 is 15.8 Å². The molecule has 0 unspecified atom stereocenters. The topological polar surface area (TPSA) is 47.3 Å². The Bertz CT molecular complexity index is 612. The van der Waals surface area contributed by atoms with Gasteiger partial charge in [0.2, 0.25) is 0 Å². The maximum Gasteiger partial charge on any atom is 0.167 e. The number of nitrogen functional groups attached to an aromatic ring is 1. The van der Waals surface area contributed by atoms with E-state index in [0.29, 0.717) is 5.69 Å². The molecule has 2 rings (SSSR count). The highest BCUT2D eigenvalue weighted by Crippen LogP contribution is 2.31. The van der Waals surface area contributed by atoms with E-state index in [1.165, 1.54) is 6.07 Å². The number of hydrogen-bond acceptors (Lipinski definition) is 3. The lowest BCUT2D eigenvalue weighted by molar-refractivity contribution is 0.322. The first-order valence-corrected chi connectivity index (χ1v) is 5.94. The van der Waals surface area contributed by atoms with Crippen molar-refractivity contribution in [1.29, 1.82) is 0 Å². The number of nitrogens with one attached hydrogen (secondary N) is 1. The first-order chi connectivity index (χ1) is 9.49. The summed E-state index contributed by atoms with van der Waals surface area (Å²) in [7, 11) is 0. The van der Waals surface area contributed by atoms with Crippen molar-refractivity contribution < 1.29 is 17.9 Å². The van der Waals surface area contributed by atoms with Crippen LogP contribution in [0.1, 0.15) is 6.92 Å². The van der Waals surface area contributed by atoms with Crippen molar-refractivity contribution in [2.45, 2.75) is 6.92 Å². The molecule has 0 aromatic heterocycles. The third kappa shape index (κ3) is 3.14. The number of anilines is 3. The molecule has 0 saturated carbocycles. The van der Waals surface area contributed by atoms with Gasteiger partial charge in [0, 0.05) is 23.9 Å². The van der Waals surface area contributed by atoms with Gasteiger partial charge in [-0.1, -0.05) is 0 Å². The average molecular weight is 282 g/mol. The molecule has 0 aliphatic rings. The maximum atomic E-state index is 13.5. The first kappa shape index (κ1) is 14.0. The highest BCUT2D eigenvalue weighted by Gasteiger charge is 2.10. The fourth-order valence-electron chi connectivity index (χ4n) is 1.72. The zero-order valence-corrected chi connectivity index (χ0v) is 10.7. The lowest BCUT2D eigenvalue weighted by Crippen LogP contribution is -2.01. The van der Waals surface area contributed by atoms with E-state index in [-0.39, 0.29) is 23.7 Å². The largest absolute Gasteiger partial charge is 0.491 e. The van der Waals surface area contributed by atoms with E-state index < -0.39 is 17.5 Å². The van der Waals surface area contributed by atoms with Crippen LogP contribution in [0.3, 0.4) is 0 Å².